The number of esters is 2. The largest absolute Gasteiger partial charge is 0.466 e. The molecule has 0 saturated carbocycles. The van der Waals surface area contributed by atoms with Gasteiger partial charge in [-0.15, -0.1) is 0 Å². The predicted molar refractivity (Wildman–Crippen MR) is 109 cm³/mol. The summed E-state index contributed by atoms with van der Waals surface area (Å²) in [6, 6.07) is 0. The highest BCUT2D eigenvalue weighted by Gasteiger charge is 2.08. The van der Waals surface area contributed by atoms with Crippen LogP contribution in [0, 0.1) is 5.92 Å². The molecule has 0 radical (unpaired) electrons. The molecule has 0 rings (SSSR count). The van der Waals surface area contributed by atoms with Crippen LogP contribution in [0.4, 0.5) is 0 Å². The number of methoxy groups -OCH3 is 1. The van der Waals surface area contributed by atoms with Gasteiger partial charge in [-0.25, -0.2) is 0 Å². The van der Waals surface area contributed by atoms with E-state index in [-0.39, 0.29) is 24.8 Å². The first kappa shape index (κ1) is 25.9. The Morgan fingerprint density at radius 2 is 1.22 bits per heavy atom. The van der Waals surface area contributed by atoms with E-state index in [1.54, 1.807) is 7.11 Å². The minimum Gasteiger partial charge on any atom is -0.466 e. The van der Waals surface area contributed by atoms with Crippen molar-refractivity contribution in [3.05, 3.63) is 0 Å². The Kier molecular flexibility index (Phi) is 18.9. The molecule has 0 fully saturated rings. The second-order valence-corrected chi connectivity index (χ2v) is 7.44. The zero-order valence-corrected chi connectivity index (χ0v) is 17.9. The van der Waals surface area contributed by atoms with Crippen LogP contribution >= 0.6 is 0 Å². The molecule has 160 valence electrons. The molecular formula is C22H42O5. The van der Waals surface area contributed by atoms with Crippen molar-refractivity contribution in [3.63, 3.8) is 0 Å². The van der Waals surface area contributed by atoms with Gasteiger partial charge >= 0.3 is 11.9 Å². The molecule has 5 heteroatoms. The quantitative estimate of drug-likeness (QED) is 0.218. The highest BCUT2D eigenvalue weighted by atomic mass is 16.5. The van der Waals surface area contributed by atoms with Crippen LogP contribution in [0.3, 0.4) is 0 Å². The average molecular weight is 387 g/mol. The standard InChI is InChI=1S/C22H42O5/c1-4-5-6-7-8-9-10-11-17-26-21(23)13-12-14-22(24)27-19-16-20(2)15-18-25-3/h20H,4-19H2,1-3H3. The van der Waals surface area contributed by atoms with Crippen LogP contribution < -0.4 is 0 Å². The van der Waals surface area contributed by atoms with E-state index in [9.17, 15) is 9.59 Å². The average Bonchev–Trinajstić information content (AvgIpc) is 2.65. The Labute approximate surface area is 166 Å². The molecule has 0 bridgehead atoms. The molecule has 0 aromatic carbocycles. The Morgan fingerprint density at radius 3 is 1.81 bits per heavy atom. The van der Waals surface area contributed by atoms with E-state index in [1.807, 2.05) is 0 Å². The first-order valence-corrected chi connectivity index (χ1v) is 10.9. The molecule has 0 spiro atoms. The van der Waals surface area contributed by atoms with Crippen LogP contribution in [0.2, 0.25) is 0 Å². The Balaban J connectivity index is 3.40. The second-order valence-electron chi connectivity index (χ2n) is 7.44. The first-order chi connectivity index (χ1) is 13.1. The Morgan fingerprint density at radius 1 is 0.704 bits per heavy atom. The molecule has 5 nitrogen and oxygen atoms in total. The van der Waals surface area contributed by atoms with Gasteiger partial charge in [-0.1, -0.05) is 58.8 Å². The molecule has 0 N–H and O–H groups in total. The maximum atomic E-state index is 11.6. The van der Waals surface area contributed by atoms with Gasteiger partial charge in [-0.3, -0.25) is 9.59 Å². The van der Waals surface area contributed by atoms with Gasteiger partial charge < -0.3 is 14.2 Å². The van der Waals surface area contributed by atoms with E-state index in [0.29, 0.717) is 25.6 Å². The van der Waals surface area contributed by atoms with Crippen LogP contribution in [0.5, 0.6) is 0 Å². The summed E-state index contributed by atoms with van der Waals surface area (Å²) in [7, 11) is 1.69. The molecule has 27 heavy (non-hydrogen) atoms. The molecule has 0 aliphatic carbocycles. The van der Waals surface area contributed by atoms with Gasteiger partial charge in [0.05, 0.1) is 13.2 Å². The summed E-state index contributed by atoms with van der Waals surface area (Å²) in [5, 5.41) is 0. The highest BCUT2D eigenvalue weighted by Crippen LogP contribution is 2.10. The third-order valence-corrected chi connectivity index (χ3v) is 4.71. The van der Waals surface area contributed by atoms with Crippen LogP contribution in [-0.4, -0.2) is 38.9 Å². The van der Waals surface area contributed by atoms with Crippen molar-refractivity contribution in [2.75, 3.05) is 26.9 Å². The summed E-state index contributed by atoms with van der Waals surface area (Å²) in [5.41, 5.74) is 0. The maximum Gasteiger partial charge on any atom is 0.305 e. The number of hydrogen-bond acceptors (Lipinski definition) is 5. The van der Waals surface area contributed by atoms with E-state index >= 15 is 0 Å². The van der Waals surface area contributed by atoms with E-state index in [0.717, 1.165) is 32.3 Å². The fraction of sp³-hybridized carbons (Fsp3) is 0.909. The van der Waals surface area contributed by atoms with Crippen molar-refractivity contribution in [2.45, 2.75) is 97.3 Å². The summed E-state index contributed by atoms with van der Waals surface area (Å²) in [4.78, 5) is 23.3. The second kappa shape index (κ2) is 19.7. The molecule has 1 atom stereocenters. The summed E-state index contributed by atoms with van der Waals surface area (Å²) in [5.74, 6) is 0.0350. The van der Waals surface area contributed by atoms with E-state index in [2.05, 4.69) is 13.8 Å². The lowest BCUT2D eigenvalue weighted by Gasteiger charge is -2.11. The number of ether oxygens (including phenoxy) is 3. The van der Waals surface area contributed by atoms with Gasteiger partial charge in [0, 0.05) is 26.6 Å². The lowest BCUT2D eigenvalue weighted by atomic mass is 10.1. The van der Waals surface area contributed by atoms with Crippen molar-refractivity contribution >= 4 is 11.9 Å². The SMILES string of the molecule is CCCCCCCCCCOC(=O)CCCC(=O)OCCC(C)CCOC. The minimum absolute atomic E-state index is 0.209. The first-order valence-electron chi connectivity index (χ1n) is 10.9. The zero-order valence-electron chi connectivity index (χ0n) is 17.9. The highest BCUT2D eigenvalue weighted by molar-refractivity contribution is 5.72. The zero-order chi connectivity index (χ0) is 20.2. The van der Waals surface area contributed by atoms with Crippen LogP contribution in [0.15, 0.2) is 0 Å². The number of hydrogen-bond donors (Lipinski definition) is 0. The monoisotopic (exact) mass is 386 g/mol. The molecule has 0 aromatic heterocycles. The smallest absolute Gasteiger partial charge is 0.305 e. The van der Waals surface area contributed by atoms with Gasteiger partial charge in [0.2, 0.25) is 0 Å². The molecule has 0 saturated heterocycles. The van der Waals surface area contributed by atoms with Crippen molar-refractivity contribution in [1.29, 1.82) is 0 Å². The number of carbonyl (C=O) groups excluding carboxylic acids is 2. The van der Waals surface area contributed by atoms with Gasteiger partial charge in [0.15, 0.2) is 0 Å². The van der Waals surface area contributed by atoms with Crippen LogP contribution in [0.25, 0.3) is 0 Å². The molecular weight excluding hydrogens is 344 g/mol. The number of carbonyl (C=O) groups is 2. The van der Waals surface area contributed by atoms with Crippen molar-refractivity contribution in [1.82, 2.24) is 0 Å². The number of rotatable bonds is 19. The summed E-state index contributed by atoms with van der Waals surface area (Å²) in [6.07, 6.45) is 12.7. The van der Waals surface area contributed by atoms with E-state index in [4.69, 9.17) is 14.2 Å². The van der Waals surface area contributed by atoms with Crippen LogP contribution in [-0.2, 0) is 23.8 Å². The van der Waals surface area contributed by atoms with Crippen molar-refractivity contribution in [3.8, 4) is 0 Å². The third kappa shape index (κ3) is 19.5. The van der Waals surface area contributed by atoms with E-state index in [1.165, 1.54) is 38.5 Å². The lowest BCUT2D eigenvalue weighted by Crippen LogP contribution is -2.11. The lowest BCUT2D eigenvalue weighted by molar-refractivity contribution is -0.145. The van der Waals surface area contributed by atoms with Gasteiger partial charge in [-0.05, 0) is 31.6 Å². The molecule has 0 amide bonds. The molecule has 0 aromatic rings. The molecule has 0 aliphatic heterocycles. The fourth-order valence-electron chi connectivity index (χ4n) is 2.78. The van der Waals surface area contributed by atoms with Gasteiger partial charge in [0.25, 0.3) is 0 Å². The third-order valence-electron chi connectivity index (χ3n) is 4.71. The summed E-state index contributed by atoms with van der Waals surface area (Å²) >= 11 is 0. The topological polar surface area (TPSA) is 61.8 Å². The predicted octanol–water partition coefficient (Wildman–Crippen LogP) is 5.45. The van der Waals surface area contributed by atoms with Crippen molar-refractivity contribution < 1.29 is 23.8 Å². The fourth-order valence-corrected chi connectivity index (χ4v) is 2.78. The van der Waals surface area contributed by atoms with Gasteiger partial charge in [-0.2, -0.15) is 0 Å². The minimum atomic E-state index is -0.232. The van der Waals surface area contributed by atoms with Crippen molar-refractivity contribution in [2.24, 2.45) is 5.92 Å². The maximum absolute atomic E-state index is 11.6. The molecule has 0 aliphatic rings. The normalized spacial score (nSPS) is 12.0. The number of unbranched alkanes of at least 4 members (excludes halogenated alkanes) is 7. The van der Waals surface area contributed by atoms with Crippen LogP contribution in [0.1, 0.15) is 97.3 Å². The Bertz CT molecular complexity index is 357. The van der Waals surface area contributed by atoms with Gasteiger partial charge in [0.1, 0.15) is 0 Å². The summed E-state index contributed by atoms with van der Waals surface area (Å²) in [6.45, 7) is 6.01. The van der Waals surface area contributed by atoms with E-state index < -0.39 is 0 Å². The summed E-state index contributed by atoms with van der Waals surface area (Å²) < 4.78 is 15.4. The molecule has 0 heterocycles. The molecule has 1 unspecified atom stereocenters. The Hall–Kier alpha value is -1.10.